The Morgan fingerprint density at radius 3 is 0.857 bits per heavy atom. The van der Waals surface area contributed by atoms with Crippen LogP contribution in [0.1, 0.15) is 47.2 Å². The number of benzene rings is 12. The Bertz CT molecular complexity index is 4080. The molecule has 12 rings (SSSR count). The zero-order chi connectivity index (χ0) is 58.5. The number of para-hydroxylation sites is 2. The molecule has 0 aliphatic heterocycles. The van der Waals surface area contributed by atoms with Gasteiger partial charge in [0.05, 0.1) is 0 Å². The predicted molar refractivity (Wildman–Crippen MR) is 358 cm³/mol. The molecule has 0 saturated heterocycles. The van der Waals surface area contributed by atoms with Crippen LogP contribution in [0, 0.1) is 0 Å². The van der Waals surface area contributed by atoms with Gasteiger partial charge in [-0.05, 0) is 177 Å². The second kappa shape index (κ2) is 23.3. The van der Waals surface area contributed by atoms with E-state index in [2.05, 4.69) is 159 Å². The average Bonchev–Trinajstić information content (AvgIpc) is 3.68. The van der Waals surface area contributed by atoms with Gasteiger partial charge in [-0.2, -0.15) is 0 Å². The third kappa shape index (κ3) is 10.9. The zero-order valence-corrected chi connectivity index (χ0v) is 47.2. The molecule has 0 bridgehead atoms. The standard InChI is InChI=1S/2C38H34N4/c1-38(27-17-15-26(16-18-27)25-9-3-2-4-10-25,28-19-21-36(41)32(23-28)30-11-5-7-13-34(30)39)29-20-22-37(42)33(24-29)31-12-6-8-14-35(31)40;1-38(31-15-7-26(8-16-31)25-5-3-2-4-6-25,34-23-29(13-21-36(34)41)27-9-17-32(39)18-10-27)35-24-30(14-22-37(35)42)28-11-19-33(40)20-12-28/h2*2-24H,39-42H2,1H3. The number of hydrogen-bond acceptors (Lipinski definition) is 8. The van der Waals surface area contributed by atoms with Crippen LogP contribution in [0.2, 0.25) is 0 Å². The molecule has 8 heteroatoms. The third-order valence-electron chi connectivity index (χ3n) is 16.6. The molecule has 0 unspecified atom stereocenters. The van der Waals surface area contributed by atoms with Gasteiger partial charge in [0.15, 0.2) is 0 Å². The van der Waals surface area contributed by atoms with Gasteiger partial charge in [0.1, 0.15) is 0 Å². The monoisotopic (exact) mass is 1090 g/mol. The maximum atomic E-state index is 6.81. The first-order chi connectivity index (χ1) is 40.7. The summed E-state index contributed by atoms with van der Waals surface area (Å²) in [4.78, 5) is 0. The van der Waals surface area contributed by atoms with Gasteiger partial charge in [-0.15, -0.1) is 0 Å². The van der Waals surface area contributed by atoms with Gasteiger partial charge in [0, 0.05) is 78.6 Å². The molecule has 0 atom stereocenters. The number of nitrogen functional groups attached to an aromatic ring is 8. The summed E-state index contributed by atoms with van der Waals surface area (Å²) in [6, 6.07) is 94.7. The first-order valence-corrected chi connectivity index (χ1v) is 28.0. The Hall–Kier alpha value is -11.0. The highest BCUT2D eigenvalue weighted by Crippen LogP contribution is 2.48. The van der Waals surface area contributed by atoms with Crippen LogP contribution in [0.5, 0.6) is 0 Å². The van der Waals surface area contributed by atoms with Crippen molar-refractivity contribution < 1.29 is 0 Å². The number of nitrogens with two attached hydrogens (primary N) is 8. The van der Waals surface area contributed by atoms with Crippen molar-refractivity contribution in [3.63, 3.8) is 0 Å². The lowest BCUT2D eigenvalue weighted by Gasteiger charge is -2.35. The van der Waals surface area contributed by atoms with Crippen LogP contribution in [0.15, 0.2) is 279 Å². The van der Waals surface area contributed by atoms with Crippen molar-refractivity contribution in [2.45, 2.75) is 24.7 Å². The molecule has 0 saturated carbocycles. The summed E-state index contributed by atoms with van der Waals surface area (Å²) >= 11 is 0. The Labute approximate surface area is 492 Å². The molecule has 412 valence electrons. The highest BCUT2D eigenvalue weighted by atomic mass is 14.6. The van der Waals surface area contributed by atoms with E-state index in [-0.39, 0.29) is 0 Å². The van der Waals surface area contributed by atoms with Crippen LogP contribution in [-0.4, -0.2) is 0 Å². The van der Waals surface area contributed by atoms with Crippen LogP contribution in [0.4, 0.5) is 45.5 Å². The molecular formula is C76H68N8. The Balaban J connectivity index is 0.000000175. The lowest BCUT2D eigenvalue weighted by molar-refractivity contribution is 0.693. The van der Waals surface area contributed by atoms with Crippen molar-refractivity contribution in [3.8, 4) is 66.8 Å². The molecule has 12 aromatic rings. The normalized spacial score (nSPS) is 11.4. The van der Waals surface area contributed by atoms with Crippen molar-refractivity contribution >= 4 is 45.5 Å². The summed E-state index contributed by atoms with van der Waals surface area (Å²) in [7, 11) is 0. The Morgan fingerprint density at radius 2 is 0.476 bits per heavy atom. The summed E-state index contributed by atoms with van der Waals surface area (Å²) in [5.74, 6) is 0. The number of hydrogen-bond donors (Lipinski definition) is 8. The smallest absolute Gasteiger partial charge is 0.0464 e. The highest BCUT2D eigenvalue weighted by Gasteiger charge is 2.36. The van der Waals surface area contributed by atoms with E-state index >= 15 is 0 Å². The maximum Gasteiger partial charge on any atom is 0.0464 e. The Morgan fingerprint density at radius 1 is 0.202 bits per heavy atom. The summed E-state index contributed by atoms with van der Waals surface area (Å²) in [5.41, 5.74) is 74.7. The third-order valence-corrected chi connectivity index (χ3v) is 16.6. The molecule has 84 heavy (non-hydrogen) atoms. The van der Waals surface area contributed by atoms with E-state index in [4.69, 9.17) is 45.9 Å². The van der Waals surface area contributed by atoms with Gasteiger partial charge in [0.25, 0.3) is 0 Å². The van der Waals surface area contributed by atoms with Gasteiger partial charge in [-0.1, -0.05) is 194 Å². The largest absolute Gasteiger partial charge is 0.399 e. The fraction of sp³-hybridized carbons (Fsp3) is 0.0526. The van der Waals surface area contributed by atoms with Crippen molar-refractivity contribution in [3.05, 3.63) is 312 Å². The van der Waals surface area contributed by atoms with E-state index < -0.39 is 10.8 Å². The molecule has 12 aromatic carbocycles. The van der Waals surface area contributed by atoms with Gasteiger partial charge in [-0.25, -0.2) is 0 Å². The highest BCUT2D eigenvalue weighted by molar-refractivity contribution is 5.87. The number of rotatable bonds is 12. The molecular weight excluding hydrogens is 1020 g/mol. The van der Waals surface area contributed by atoms with Gasteiger partial charge < -0.3 is 45.9 Å². The van der Waals surface area contributed by atoms with E-state index in [1.54, 1.807) is 0 Å². The van der Waals surface area contributed by atoms with E-state index in [1.807, 2.05) is 133 Å². The second-order valence-electron chi connectivity index (χ2n) is 21.8. The van der Waals surface area contributed by atoms with E-state index in [9.17, 15) is 0 Å². The summed E-state index contributed by atoms with van der Waals surface area (Å²) in [6.45, 7) is 4.46. The molecule has 0 fully saturated rings. The minimum Gasteiger partial charge on any atom is -0.399 e. The van der Waals surface area contributed by atoms with Crippen molar-refractivity contribution in [1.29, 1.82) is 0 Å². The zero-order valence-electron chi connectivity index (χ0n) is 47.2. The SMILES string of the molecule is CC(c1ccc(-c2ccccc2)cc1)(c1cc(-c2ccc(N)cc2)ccc1N)c1cc(-c2ccc(N)cc2)ccc1N.CC(c1ccc(-c2ccccc2)cc1)(c1ccc(N)c(-c2ccccc2N)c1)c1ccc(N)c(-c2ccccc2N)c1. The fourth-order valence-electron chi connectivity index (χ4n) is 11.6. The topological polar surface area (TPSA) is 208 Å². The Kier molecular flexibility index (Phi) is 15.2. The van der Waals surface area contributed by atoms with Gasteiger partial charge in [0.2, 0.25) is 0 Å². The molecule has 0 radical (unpaired) electrons. The molecule has 16 N–H and O–H groups in total. The van der Waals surface area contributed by atoms with Crippen LogP contribution in [-0.2, 0) is 10.8 Å². The minimum absolute atomic E-state index is 0.562. The minimum atomic E-state index is -0.670. The summed E-state index contributed by atoms with van der Waals surface area (Å²) in [6.07, 6.45) is 0. The molecule has 0 heterocycles. The summed E-state index contributed by atoms with van der Waals surface area (Å²) in [5, 5.41) is 0. The van der Waals surface area contributed by atoms with Crippen molar-refractivity contribution in [2.24, 2.45) is 0 Å². The molecule has 0 aliphatic carbocycles. The van der Waals surface area contributed by atoms with E-state index in [0.717, 1.165) is 100 Å². The molecule has 0 aromatic heterocycles. The fourth-order valence-corrected chi connectivity index (χ4v) is 11.6. The lowest BCUT2D eigenvalue weighted by Crippen LogP contribution is -2.28. The first-order valence-electron chi connectivity index (χ1n) is 28.0. The van der Waals surface area contributed by atoms with Crippen LogP contribution in [0.25, 0.3) is 66.8 Å². The molecule has 0 amide bonds. The number of anilines is 8. The van der Waals surface area contributed by atoms with E-state index in [1.165, 1.54) is 11.1 Å². The second-order valence-corrected chi connectivity index (χ2v) is 21.8. The summed E-state index contributed by atoms with van der Waals surface area (Å²) < 4.78 is 0. The van der Waals surface area contributed by atoms with Crippen LogP contribution in [0.3, 0.4) is 0 Å². The van der Waals surface area contributed by atoms with Crippen molar-refractivity contribution in [1.82, 2.24) is 0 Å². The molecule has 8 nitrogen and oxygen atoms in total. The predicted octanol–water partition coefficient (Wildman–Crippen LogP) is 16.7. The van der Waals surface area contributed by atoms with Gasteiger partial charge in [-0.3, -0.25) is 0 Å². The maximum absolute atomic E-state index is 6.81. The van der Waals surface area contributed by atoms with E-state index in [0.29, 0.717) is 34.1 Å². The average molecular weight is 1090 g/mol. The van der Waals surface area contributed by atoms with Crippen molar-refractivity contribution in [2.75, 3.05) is 45.9 Å². The van der Waals surface area contributed by atoms with Gasteiger partial charge >= 0.3 is 0 Å². The first kappa shape index (κ1) is 55.0. The molecule has 0 spiro atoms. The van der Waals surface area contributed by atoms with Crippen LogP contribution >= 0.6 is 0 Å². The quantitative estimate of drug-likeness (QED) is 0.0435. The lowest BCUT2D eigenvalue weighted by atomic mass is 9.68. The molecule has 0 aliphatic rings. The van der Waals surface area contributed by atoms with Crippen LogP contribution < -0.4 is 45.9 Å².